The molecule has 0 N–H and O–H groups in total. The Balaban J connectivity index is 0.000000165. The predicted molar refractivity (Wildman–Crippen MR) is 198 cm³/mol. The fourth-order valence-electron chi connectivity index (χ4n) is 5.87. The molecule has 0 radical (unpaired) electrons. The first-order valence-electron chi connectivity index (χ1n) is 17.8. The molecule has 274 valence electrons. The maximum absolute atomic E-state index is 11.3. The third kappa shape index (κ3) is 13.5. The highest BCUT2D eigenvalue weighted by molar-refractivity contribution is 6.21. The van der Waals surface area contributed by atoms with Crippen LogP contribution in [0, 0.1) is 0 Å². The number of morpholine rings is 1. The number of amides is 4. The van der Waals surface area contributed by atoms with Gasteiger partial charge in [-0.1, -0.05) is 42.8 Å². The summed E-state index contributed by atoms with van der Waals surface area (Å²) in [7, 11) is 11.6. The number of imide groups is 2. The second-order valence-electron chi connectivity index (χ2n) is 13.5. The predicted octanol–water partition coefficient (Wildman–Crippen LogP) is 3.85. The number of likely N-dealkylation sites (N-methyl/N-ethyl adjacent to an activating group) is 2. The van der Waals surface area contributed by atoms with E-state index in [0.29, 0.717) is 11.1 Å². The molecule has 0 aromatic heterocycles. The number of likely N-dealkylation sites (tertiary alicyclic amines) is 2. The van der Waals surface area contributed by atoms with Gasteiger partial charge in [-0.15, -0.1) is 0 Å². The number of ether oxygens (including phenoxy) is 1. The lowest BCUT2D eigenvalue weighted by Crippen LogP contribution is -2.32. The summed E-state index contributed by atoms with van der Waals surface area (Å²) in [5, 5.41) is 0. The quantitative estimate of drug-likeness (QED) is 0.382. The minimum atomic E-state index is -0.241. The van der Waals surface area contributed by atoms with Crippen molar-refractivity contribution >= 4 is 23.6 Å². The number of hydrogen-bond acceptors (Lipinski definition) is 9. The molecule has 0 spiro atoms. The third-order valence-corrected chi connectivity index (χ3v) is 9.17. The van der Waals surface area contributed by atoms with Crippen molar-refractivity contribution in [2.45, 2.75) is 45.2 Å². The van der Waals surface area contributed by atoms with Crippen molar-refractivity contribution in [2.75, 3.05) is 94.8 Å². The van der Waals surface area contributed by atoms with Crippen LogP contribution in [-0.2, 0) is 27.4 Å². The Morgan fingerprint density at radius 3 is 1.14 bits per heavy atom. The fraction of sp³-hybridized carbons (Fsp3) is 0.538. The molecule has 6 heterocycles. The molecular weight excluding hydrogens is 632 g/mol. The van der Waals surface area contributed by atoms with Gasteiger partial charge in [0, 0.05) is 52.4 Å². The highest BCUT2D eigenvalue weighted by Crippen LogP contribution is 2.21. The Kier molecular flexibility index (Phi) is 17.5. The third-order valence-electron chi connectivity index (χ3n) is 9.17. The average Bonchev–Trinajstić information content (AvgIpc) is 3.89. The van der Waals surface area contributed by atoms with Gasteiger partial charge in [-0.3, -0.25) is 33.9 Å². The molecule has 0 saturated carbocycles. The minimum absolute atomic E-state index is 0.212. The van der Waals surface area contributed by atoms with Crippen molar-refractivity contribution in [3.8, 4) is 0 Å². The van der Waals surface area contributed by atoms with Crippen LogP contribution in [-0.4, -0.2) is 148 Å². The number of fused-ring (bicyclic) bond motifs is 2. The molecule has 0 bridgehead atoms. The van der Waals surface area contributed by atoms with Crippen molar-refractivity contribution in [2.24, 2.45) is 0 Å². The fourth-order valence-corrected chi connectivity index (χ4v) is 5.87. The van der Waals surface area contributed by atoms with Gasteiger partial charge in [0.15, 0.2) is 0 Å². The summed E-state index contributed by atoms with van der Waals surface area (Å²) < 4.78 is 5.10. The number of hydrogen-bond donors (Lipinski definition) is 0. The molecule has 4 amide bonds. The van der Waals surface area contributed by atoms with Crippen LogP contribution < -0.4 is 0 Å². The normalized spacial score (nSPS) is 20.2. The zero-order valence-electron chi connectivity index (χ0n) is 31.1. The van der Waals surface area contributed by atoms with Crippen molar-refractivity contribution in [3.63, 3.8) is 0 Å². The van der Waals surface area contributed by atoms with E-state index in [2.05, 4.69) is 72.1 Å². The first kappa shape index (κ1) is 40.7. The molecule has 0 unspecified atom stereocenters. The highest BCUT2D eigenvalue weighted by Gasteiger charge is 2.31. The second-order valence-corrected chi connectivity index (χ2v) is 13.5. The lowest BCUT2D eigenvalue weighted by atomic mass is 10.1. The Morgan fingerprint density at radius 1 is 0.460 bits per heavy atom. The molecule has 2 aromatic carbocycles. The molecule has 0 atom stereocenters. The summed E-state index contributed by atoms with van der Waals surface area (Å²) >= 11 is 0. The van der Waals surface area contributed by atoms with Crippen LogP contribution in [0.25, 0.3) is 0 Å². The van der Waals surface area contributed by atoms with Crippen LogP contribution in [0.3, 0.4) is 0 Å². The van der Waals surface area contributed by atoms with Gasteiger partial charge in [-0.25, -0.2) is 0 Å². The lowest BCUT2D eigenvalue weighted by molar-refractivity contribution is -0.135. The highest BCUT2D eigenvalue weighted by atomic mass is 16.5. The number of nitrogens with zero attached hydrogens (tertiary/aromatic N) is 6. The SMILES string of the molecule is CN1C(=O)C=CC1=O.CN1C(=O)c2ccccc2C1=O.CN1CCCC1.CN1CCCCC1.CN1CCOCC1.CN1Cc2ccccc2C1. The summed E-state index contributed by atoms with van der Waals surface area (Å²) in [6.07, 6.45) is 9.61. The van der Waals surface area contributed by atoms with Crippen LogP contribution in [0.2, 0.25) is 0 Å². The molecule has 8 rings (SSSR count). The van der Waals surface area contributed by atoms with E-state index in [4.69, 9.17) is 4.74 Å². The maximum atomic E-state index is 11.3. The van der Waals surface area contributed by atoms with E-state index in [-0.39, 0.29) is 23.6 Å². The average molecular weight is 691 g/mol. The van der Waals surface area contributed by atoms with E-state index < -0.39 is 0 Å². The molecule has 6 aliphatic heterocycles. The summed E-state index contributed by atoms with van der Waals surface area (Å²) in [6, 6.07) is 15.5. The molecule has 2 aromatic rings. The standard InChI is InChI=1S/C9H7NO2.C9H11N.C6H13N.C5H5NO2.C5H11NO.C5H11N/c1-10-8(11)6-4-2-3-5-7(6)9(10)12;1-10-6-8-4-2-3-5-9(8)7-10;1-7-5-3-2-4-6-7;1-6-4(7)2-3-5(6)8;1-6-2-4-7-5-3-6;1-6-4-2-3-5-6/h2-5H,1H3;2-5H,6-7H2,1H3;2-6H2,1H3;2-3H,1H3;2-5H2,1H3;2-5H2,1H3. The molecular formula is C39H58N6O5. The Labute approximate surface area is 299 Å². The first-order chi connectivity index (χ1) is 24.0. The van der Waals surface area contributed by atoms with Crippen molar-refractivity contribution in [1.82, 2.24) is 29.4 Å². The maximum Gasteiger partial charge on any atom is 0.261 e. The first-order valence-corrected chi connectivity index (χ1v) is 17.8. The van der Waals surface area contributed by atoms with E-state index in [9.17, 15) is 19.2 Å². The van der Waals surface area contributed by atoms with E-state index in [0.717, 1.165) is 49.2 Å². The molecule has 11 heteroatoms. The van der Waals surface area contributed by atoms with E-state index in [1.54, 1.807) is 24.3 Å². The number of piperidine rings is 1. The largest absolute Gasteiger partial charge is 0.379 e. The number of carbonyl (C=O) groups excluding carboxylic acids is 4. The monoisotopic (exact) mass is 690 g/mol. The molecule has 50 heavy (non-hydrogen) atoms. The number of carbonyl (C=O) groups is 4. The molecule has 11 nitrogen and oxygen atoms in total. The van der Waals surface area contributed by atoms with E-state index in [1.165, 1.54) is 95.7 Å². The summed E-state index contributed by atoms with van der Waals surface area (Å²) in [6.45, 7) is 11.5. The Morgan fingerprint density at radius 2 is 0.840 bits per heavy atom. The van der Waals surface area contributed by atoms with Gasteiger partial charge in [0.2, 0.25) is 0 Å². The minimum Gasteiger partial charge on any atom is -0.379 e. The van der Waals surface area contributed by atoms with E-state index in [1.807, 2.05) is 0 Å². The van der Waals surface area contributed by atoms with Gasteiger partial charge in [-0.2, -0.15) is 0 Å². The molecule has 6 aliphatic rings. The van der Waals surface area contributed by atoms with Crippen LogP contribution in [0.1, 0.15) is 63.9 Å². The van der Waals surface area contributed by atoms with Gasteiger partial charge >= 0.3 is 0 Å². The summed E-state index contributed by atoms with van der Waals surface area (Å²) in [4.78, 5) is 55.0. The van der Waals surface area contributed by atoms with Gasteiger partial charge in [-0.05, 0) is 103 Å². The Bertz CT molecular complexity index is 1320. The number of benzene rings is 2. The van der Waals surface area contributed by atoms with Crippen LogP contribution in [0.5, 0.6) is 0 Å². The molecule has 3 saturated heterocycles. The van der Waals surface area contributed by atoms with E-state index >= 15 is 0 Å². The van der Waals surface area contributed by atoms with Crippen molar-refractivity contribution < 1.29 is 23.9 Å². The molecule has 0 aliphatic carbocycles. The zero-order valence-corrected chi connectivity index (χ0v) is 31.1. The topological polar surface area (TPSA) is 96.9 Å². The summed E-state index contributed by atoms with van der Waals surface area (Å²) in [5.74, 6) is -0.906. The van der Waals surface area contributed by atoms with Gasteiger partial charge in [0.05, 0.1) is 24.3 Å². The van der Waals surface area contributed by atoms with Crippen LogP contribution in [0.15, 0.2) is 60.7 Å². The van der Waals surface area contributed by atoms with Crippen molar-refractivity contribution in [3.05, 3.63) is 82.9 Å². The second kappa shape index (κ2) is 21.5. The van der Waals surface area contributed by atoms with Gasteiger partial charge < -0.3 is 19.4 Å². The van der Waals surface area contributed by atoms with Crippen LogP contribution >= 0.6 is 0 Å². The lowest BCUT2D eigenvalue weighted by Gasteiger charge is -2.21. The summed E-state index contributed by atoms with van der Waals surface area (Å²) in [5.41, 5.74) is 3.99. The van der Waals surface area contributed by atoms with Crippen LogP contribution in [0.4, 0.5) is 0 Å². The smallest absolute Gasteiger partial charge is 0.261 e. The van der Waals surface area contributed by atoms with Gasteiger partial charge in [0.1, 0.15) is 0 Å². The number of rotatable bonds is 0. The Hall–Kier alpha value is -3.74. The van der Waals surface area contributed by atoms with Gasteiger partial charge in [0.25, 0.3) is 23.6 Å². The van der Waals surface area contributed by atoms with Crippen molar-refractivity contribution in [1.29, 1.82) is 0 Å². The molecule has 3 fully saturated rings. The zero-order chi connectivity index (χ0) is 36.5.